The smallest absolute Gasteiger partial charge is 0.323 e. The number of amides is 2. The number of benzene rings is 2. The quantitative estimate of drug-likeness (QED) is 0.637. The molecule has 0 spiro atoms. The molecule has 2 aromatic rings. The van der Waals surface area contributed by atoms with E-state index in [2.05, 4.69) is 42.5 Å². The van der Waals surface area contributed by atoms with Crippen molar-refractivity contribution in [3.63, 3.8) is 0 Å². The Hall–Kier alpha value is -1.08. The van der Waals surface area contributed by atoms with E-state index in [1.54, 1.807) is 36.4 Å². The molecule has 4 nitrogen and oxygen atoms in total. The second kappa shape index (κ2) is 7.26. The maximum absolute atomic E-state index is 12.0. The predicted molar refractivity (Wildman–Crippen MR) is 91.9 cm³/mol. The minimum absolute atomic E-state index is 0.181. The van der Waals surface area contributed by atoms with Gasteiger partial charge < -0.3 is 15.7 Å². The van der Waals surface area contributed by atoms with Gasteiger partial charge >= 0.3 is 6.03 Å². The first kappa shape index (κ1) is 16.3. The van der Waals surface area contributed by atoms with Crippen molar-refractivity contribution in [3.05, 3.63) is 55.9 Å². The SMILES string of the molecule is O=C(Nc1cc(Cl)cc(Br)c1)Nc1cccc(Br)c1CO. The number of rotatable bonds is 3. The maximum Gasteiger partial charge on any atom is 0.323 e. The summed E-state index contributed by atoms with van der Waals surface area (Å²) in [7, 11) is 0. The molecule has 0 aliphatic heterocycles. The number of urea groups is 1. The number of hydrogen-bond donors (Lipinski definition) is 3. The van der Waals surface area contributed by atoms with Crippen LogP contribution in [0.1, 0.15) is 5.56 Å². The van der Waals surface area contributed by atoms with Gasteiger partial charge in [-0.25, -0.2) is 4.79 Å². The Morgan fingerprint density at radius 1 is 1.19 bits per heavy atom. The van der Waals surface area contributed by atoms with Gasteiger partial charge in [-0.05, 0) is 30.3 Å². The summed E-state index contributed by atoms with van der Waals surface area (Å²) in [5.41, 5.74) is 1.71. The highest BCUT2D eigenvalue weighted by Crippen LogP contribution is 2.26. The van der Waals surface area contributed by atoms with Crippen molar-refractivity contribution in [2.24, 2.45) is 0 Å². The molecule has 0 atom stereocenters. The summed E-state index contributed by atoms with van der Waals surface area (Å²) < 4.78 is 1.50. The minimum atomic E-state index is -0.419. The van der Waals surface area contributed by atoms with Crippen molar-refractivity contribution >= 4 is 60.9 Å². The van der Waals surface area contributed by atoms with Crippen LogP contribution in [0, 0.1) is 0 Å². The third kappa shape index (κ3) is 4.44. The zero-order chi connectivity index (χ0) is 15.4. The normalized spacial score (nSPS) is 10.3. The van der Waals surface area contributed by atoms with Gasteiger partial charge in [0.15, 0.2) is 0 Å². The zero-order valence-corrected chi connectivity index (χ0v) is 14.6. The van der Waals surface area contributed by atoms with E-state index in [9.17, 15) is 9.90 Å². The molecular weight excluding hydrogens is 423 g/mol. The molecule has 110 valence electrons. The molecule has 2 amide bonds. The fourth-order valence-electron chi connectivity index (χ4n) is 1.75. The van der Waals surface area contributed by atoms with Crippen LogP contribution in [-0.2, 0) is 6.61 Å². The summed E-state index contributed by atoms with van der Waals surface area (Å²) in [5, 5.41) is 15.2. The third-order valence-electron chi connectivity index (χ3n) is 2.65. The van der Waals surface area contributed by atoms with Gasteiger partial charge in [-0.3, -0.25) is 0 Å². The molecule has 0 aromatic heterocycles. The molecule has 2 rings (SSSR count). The van der Waals surface area contributed by atoms with E-state index in [4.69, 9.17) is 11.6 Å². The molecule has 0 radical (unpaired) electrons. The van der Waals surface area contributed by atoms with Crippen LogP contribution >= 0.6 is 43.5 Å². The summed E-state index contributed by atoms with van der Waals surface area (Å²) in [5.74, 6) is 0. The molecule has 0 fully saturated rings. The van der Waals surface area contributed by atoms with E-state index < -0.39 is 6.03 Å². The molecule has 7 heteroatoms. The van der Waals surface area contributed by atoms with Crippen molar-refractivity contribution < 1.29 is 9.90 Å². The lowest BCUT2D eigenvalue weighted by Crippen LogP contribution is -2.20. The van der Waals surface area contributed by atoms with Gasteiger partial charge in [0.25, 0.3) is 0 Å². The number of carbonyl (C=O) groups excluding carboxylic acids is 1. The van der Waals surface area contributed by atoms with Crippen LogP contribution in [0.2, 0.25) is 5.02 Å². The first-order valence-corrected chi connectivity index (χ1v) is 7.88. The van der Waals surface area contributed by atoms with Gasteiger partial charge in [0.2, 0.25) is 0 Å². The summed E-state index contributed by atoms with van der Waals surface area (Å²) in [6.07, 6.45) is 0. The summed E-state index contributed by atoms with van der Waals surface area (Å²) >= 11 is 12.6. The van der Waals surface area contributed by atoms with Gasteiger partial charge in [0.1, 0.15) is 0 Å². The lowest BCUT2D eigenvalue weighted by atomic mass is 10.2. The highest BCUT2D eigenvalue weighted by Gasteiger charge is 2.09. The fourth-order valence-corrected chi connectivity index (χ4v) is 3.10. The number of aliphatic hydroxyl groups is 1. The van der Waals surface area contributed by atoms with Gasteiger partial charge in [0.05, 0.1) is 6.61 Å². The second-order valence-electron chi connectivity index (χ2n) is 4.16. The summed E-state index contributed by atoms with van der Waals surface area (Å²) in [6.45, 7) is -0.181. The van der Waals surface area contributed by atoms with E-state index >= 15 is 0 Å². The topological polar surface area (TPSA) is 61.4 Å². The van der Waals surface area contributed by atoms with Crippen molar-refractivity contribution in [2.45, 2.75) is 6.61 Å². The molecule has 0 saturated heterocycles. The average Bonchev–Trinajstić information content (AvgIpc) is 2.37. The fraction of sp³-hybridized carbons (Fsp3) is 0.0714. The number of aliphatic hydroxyl groups excluding tert-OH is 1. The van der Waals surface area contributed by atoms with Crippen LogP contribution in [0.15, 0.2) is 45.3 Å². The molecule has 0 bridgehead atoms. The lowest BCUT2D eigenvalue weighted by Gasteiger charge is -2.12. The molecule has 0 heterocycles. The van der Waals surface area contributed by atoms with Crippen LogP contribution < -0.4 is 10.6 Å². The van der Waals surface area contributed by atoms with Crippen LogP contribution in [0.4, 0.5) is 16.2 Å². The third-order valence-corrected chi connectivity index (χ3v) is 4.06. The lowest BCUT2D eigenvalue weighted by molar-refractivity contribution is 0.262. The Morgan fingerprint density at radius 2 is 1.95 bits per heavy atom. The first-order valence-electron chi connectivity index (χ1n) is 5.92. The highest BCUT2D eigenvalue weighted by atomic mass is 79.9. The molecule has 0 aliphatic carbocycles. The van der Waals surface area contributed by atoms with E-state index in [1.165, 1.54) is 0 Å². The molecule has 3 N–H and O–H groups in total. The minimum Gasteiger partial charge on any atom is -0.392 e. The van der Waals surface area contributed by atoms with E-state index in [1.807, 2.05) is 0 Å². The Labute approximate surface area is 143 Å². The Bertz CT molecular complexity index is 660. The van der Waals surface area contributed by atoms with Crippen molar-refractivity contribution in [3.8, 4) is 0 Å². The number of hydrogen-bond acceptors (Lipinski definition) is 2. The Kier molecular flexibility index (Phi) is 5.64. The average molecular weight is 435 g/mol. The van der Waals surface area contributed by atoms with Gasteiger partial charge in [0, 0.05) is 30.9 Å². The van der Waals surface area contributed by atoms with Crippen LogP contribution in [-0.4, -0.2) is 11.1 Å². The highest BCUT2D eigenvalue weighted by molar-refractivity contribution is 9.10. The molecular formula is C14H11Br2ClN2O2. The number of nitrogens with one attached hydrogen (secondary N) is 2. The first-order chi connectivity index (χ1) is 9.99. The molecule has 0 aliphatic rings. The Balaban J connectivity index is 2.13. The van der Waals surface area contributed by atoms with Crippen molar-refractivity contribution in [2.75, 3.05) is 10.6 Å². The predicted octanol–water partition coefficient (Wildman–Crippen LogP) is 5.00. The molecule has 0 saturated carbocycles. The number of anilines is 2. The second-order valence-corrected chi connectivity index (χ2v) is 6.37. The van der Waals surface area contributed by atoms with E-state index in [0.29, 0.717) is 22.0 Å². The van der Waals surface area contributed by atoms with Crippen LogP contribution in [0.5, 0.6) is 0 Å². The molecule has 0 unspecified atom stereocenters. The standard InChI is InChI=1S/C14H11Br2ClN2O2/c15-8-4-9(17)6-10(5-8)18-14(21)19-13-3-1-2-12(16)11(13)7-20/h1-6,20H,7H2,(H2,18,19,21). The maximum atomic E-state index is 12.0. The summed E-state index contributed by atoms with van der Waals surface area (Å²) in [6, 6.07) is 9.96. The van der Waals surface area contributed by atoms with E-state index in [0.717, 1.165) is 8.95 Å². The van der Waals surface area contributed by atoms with Gasteiger partial charge in [-0.1, -0.05) is 49.5 Å². The van der Waals surface area contributed by atoms with Crippen LogP contribution in [0.25, 0.3) is 0 Å². The number of halogens is 3. The Morgan fingerprint density at radius 3 is 2.62 bits per heavy atom. The summed E-state index contributed by atoms with van der Waals surface area (Å²) in [4.78, 5) is 12.0. The zero-order valence-electron chi connectivity index (χ0n) is 10.7. The number of carbonyl (C=O) groups is 1. The molecule has 21 heavy (non-hydrogen) atoms. The van der Waals surface area contributed by atoms with Crippen LogP contribution in [0.3, 0.4) is 0 Å². The molecule has 2 aromatic carbocycles. The van der Waals surface area contributed by atoms with Crippen molar-refractivity contribution in [1.82, 2.24) is 0 Å². The monoisotopic (exact) mass is 432 g/mol. The van der Waals surface area contributed by atoms with Crippen molar-refractivity contribution in [1.29, 1.82) is 0 Å². The van der Waals surface area contributed by atoms with E-state index in [-0.39, 0.29) is 6.61 Å². The largest absolute Gasteiger partial charge is 0.392 e. The van der Waals surface area contributed by atoms with Gasteiger partial charge in [-0.2, -0.15) is 0 Å². The van der Waals surface area contributed by atoms with Gasteiger partial charge in [-0.15, -0.1) is 0 Å².